The lowest BCUT2D eigenvalue weighted by Gasteiger charge is -1.98. The van der Waals surface area contributed by atoms with Crippen LogP contribution in [0.5, 0.6) is 0 Å². The summed E-state index contributed by atoms with van der Waals surface area (Å²) < 4.78 is 14.7. The van der Waals surface area contributed by atoms with E-state index in [1.54, 1.807) is 41.8 Å². The Labute approximate surface area is 177 Å². The molecule has 0 bridgehead atoms. The van der Waals surface area contributed by atoms with Crippen molar-refractivity contribution in [3.05, 3.63) is 68.4 Å². The first-order chi connectivity index (χ1) is 14.0. The van der Waals surface area contributed by atoms with Crippen LogP contribution in [0.3, 0.4) is 0 Å². The first-order valence-corrected chi connectivity index (χ1v) is 10.8. The normalized spacial score (nSPS) is 10.0. The van der Waals surface area contributed by atoms with Crippen LogP contribution in [0.2, 0.25) is 0 Å². The number of carbonyl (C=O) groups is 3. The van der Waals surface area contributed by atoms with Crippen LogP contribution >= 0.6 is 22.7 Å². The highest BCUT2D eigenvalue weighted by Gasteiger charge is 2.15. The minimum Gasteiger partial charge on any atom is -0.466 e. The summed E-state index contributed by atoms with van der Waals surface area (Å²) in [5.74, 6) is -0.294. The Bertz CT molecular complexity index is 894. The van der Waals surface area contributed by atoms with E-state index in [4.69, 9.17) is 13.9 Å². The second-order valence-electron chi connectivity index (χ2n) is 5.72. The van der Waals surface area contributed by atoms with Gasteiger partial charge in [-0.15, -0.1) is 11.3 Å². The average Bonchev–Trinajstić information content (AvgIpc) is 3.45. The number of hydrogen-bond acceptors (Lipinski definition) is 8. The van der Waals surface area contributed by atoms with E-state index in [1.807, 2.05) is 23.8 Å². The molecule has 8 heteroatoms. The molecule has 0 aromatic carbocycles. The first kappa shape index (κ1) is 22.6. The Balaban J connectivity index is 0.000000234. The van der Waals surface area contributed by atoms with Crippen LogP contribution in [0, 0.1) is 0 Å². The van der Waals surface area contributed by atoms with Gasteiger partial charge >= 0.3 is 11.9 Å². The van der Waals surface area contributed by atoms with Gasteiger partial charge < -0.3 is 13.9 Å². The molecule has 0 aliphatic carbocycles. The van der Waals surface area contributed by atoms with Crippen molar-refractivity contribution < 1.29 is 28.3 Å². The van der Waals surface area contributed by atoms with Gasteiger partial charge in [-0.2, -0.15) is 11.3 Å². The predicted molar refractivity (Wildman–Crippen MR) is 111 cm³/mol. The molecule has 0 fully saturated rings. The minimum atomic E-state index is -0.285. The fourth-order valence-electron chi connectivity index (χ4n) is 2.27. The predicted octanol–water partition coefficient (Wildman–Crippen LogP) is 4.53. The highest BCUT2D eigenvalue weighted by Crippen LogP contribution is 2.19. The second-order valence-corrected chi connectivity index (χ2v) is 7.41. The number of thiophene rings is 2. The van der Waals surface area contributed by atoms with Gasteiger partial charge in [0, 0.05) is 0 Å². The molecule has 3 heterocycles. The maximum absolute atomic E-state index is 11.9. The van der Waals surface area contributed by atoms with Crippen molar-refractivity contribution >= 4 is 40.4 Å². The first-order valence-electron chi connectivity index (χ1n) is 9.01. The highest BCUT2D eigenvalue weighted by molar-refractivity contribution is 7.12. The molecule has 29 heavy (non-hydrogen) atoms. The van der Waals surface area contributed by atoms with Crippen LogP contribution in [0.15, 0.2) is 51.1 Å². The third-order valence-corrected chi connectivity index (χ3v) is 5.22. The van der Waals surface area contributed by atoms with Crippen LogP contribution in [0.25, 0.3) is 0 Å². The molecular formula is C21H22O6S2. The lowest BCUT2D eigenvalue weighted by atomic mass is 10.2. The Kier molecular flexibility index (Phi) is 9.33. The average molecular weight is 435 g/mol. The van der Waals surface area contributed by atoms with E-state index in [-0.39, 0.29) is 24.1 Å². The number of esters is 2. The summed E-state index contributed by atoms with van der Waals surface area (Å²) in [6.45, 7) is 4.40. The number of carbonyl (C=O) groups excluding carboxylic acids is 3. The second kappa shape index (κ2) is 12.0. The van der Waals surface area contributed by atoms with Crippen molar-refractivity contribution in [2.75, 3.05) is 13.2 Å². The number of hydrogen-bond donors (Lipinski definition) is 0. The molecule has 0 spiro atoms. The van der Waals surface area contributed by atoms with Crippen molar-refractivity contribution in [1.29, 1.82) is 0 Å². The van der Waals surface area contributed by atoms with Gasteiger partial charge in [-0.05, 0) is 65.4 Å². The van der Waals surface area contributed by atoms with E-state index in [9.17, 15) is 14.4 Å². The lowest BCUT2D eigenvalue weighted by molar-refractivity contribution is -0.143. The summed E-state index contributed by atoms with van der Waals surface area (Å²) in [6.07, 6.45) is 2.05. The molecule has 6 nitrogen and oxygen atoms in total. The van der Waals surface area contributed by atoms with E-state index in [0.717, 1.165) is 11.1 Å². The topological polar surface area (TPSA) is 82.8 Å². The fourth-order valence-corrected chi connectivity index (χ4v) is 3.79. The molecule has 3 rings (SSSR count). The quantitative estimate of drug-likeness (QED) is 0.383. The third kappa shape index (κ3) is 7.67. The van der Waals surface area contributed by atoms with Gasteiger partial charge in [-0.25, -0.2) is 0 Å². The Morgan fingerprint density at radius 2 is 1.66 bits per heavy atom. The molecule has 0 saturated carbocycles. The molecule has 0 aliphatic rings. The van der Waals surface area contributed by atoms with Gasteiger partial charge in [-0.1, -0.05) is 0 Å². The SMILES string of the molecule is CCOC(=O)Cc1ccsc1.CCOC(=O)Cc1csc(C(=O)c2ccco2)c1. The minimum absolute atomic E-state index is 0.147. The van der Waals surface area contributed by atoms with E-state index in [0.29, 0.717) is 30.3 Å². The molecular weight excluding hydrogens is 412 g/mol. The van der Waals surface area contributed by atoms with Crippen molar-refractivity contribution in [3.63, 3.8) is 0 Å². The van der Waals surface area contributed by atoms with Crippen LogP contribution in [0.1, 0.15) is 40.4 Å². The molecule has 154 valence electrons. The van der Waals surface area contributed by atoms with Gasteiger partial charge in [0.2, 0.25) is 5.78 Å². The zero-order valence-electron chi connectivity index (χ0n) is 16.2. The van der Waals surface area contributed by atoms with Gasteiger partial charge in [-0.3, -0.25) is 14.4 Å². The summed E-state index contributed by atoms with van der Waals surface area (Å²) in [6, 6.07) is 6.92. The largest absolute Gasteiger partial charge is 0.466 e. The van der Waals surface area contributed by atoms with Gasteiger partial charge in [0.25, 0.3) is 0 Å². The molecule has 0 radical (unpaired) electrons. The monoisotopic (exact) mass is 434 g/mol. The van der Waals surface area contributed by atoms with Crippen molar-refractivity contribution in [2.45, 2.75) is 26.7 Å². The fraction of sp³-hybridized carbons (Fsp3) is 0.286. The maximum Gasteiger partial charge on any atom is 0.310 e. The lowest BCUT2D eigenvalue weighted by Crippen LogP contribution is -2.06. The third-order valence-electron chi connectivity index (χ3n) is 3.51. The smallest absolute Gasteiger partial charge is 0.310 e. The molecule has 3 aromatic heterocycles. The highest BCUT2D eigenvalue weighted by atomic mass is 32.1. The number of furan rings is 1. The van der Waals surface area contributed by atoms with E-state index < -0.39 is 0 Å². The van der Waals surface area contributed by atoms with Gasteiger partial charge in [0.05, 0.1) is 37.2 Å². The van der Waals surface area contributed by atoms with E-state index in [1.165, 1.54) is 17.6 Å². The molecule has 3 aromatic rings. The summed E-state index contributed by atoms with van der Waals surface area (Å²) in [5.41, 5.74) is 1.82. The van der Waals surface area contributed by atoms with Crippen molar-refractivity contribution in [2.24, 2.45) is 0 Å². The van der Waals surface area contributed by atoms with Crippen molar-refractivity contribution in [3.8, 4) is 0 Å². The van der Waals surface area contributed by atoms with E-state index >= 15 is 0 Å². The van der Waals surface area contributed by atoms with Gasteiger partial charge in [0.1, 0.15) is 0 Å². The summed E-state index contributed by atoms with van der Waals surface area (Å²) in [5, 5.41) is 5.69. The zero-order valence-corrected chi connectivity index (χ0v) is 17.8. The zero-order chi connectivity index (χ0) is 21.1. The van der Waals surface area contributed by atoms with Crippen LogP contribution in [-0.4, -0.2) is 30.9 Å². The number of rotatable bonds is 8. The van der Waals surface area contributed by atoms with Gasteiger partial charge in [0.15, 0.2) is 5.76 Å². The standard InChI is InChI=1S/C13H12O4S.C8H10O2S/c1-2-16-12(14)7-9-6-11(18-8-9)13(15)10-4-3-5-17-10;1-2-10-8(9)5-7-3-4-11-6-7/h3-6,8H,2,7H2,1H3;3-4,6H,2,5H2,1H3. The van der Waals surface area contributed by atoms with Crippen LogP contribution < -0.4 is 0 Å². The molecule has 0 saturated heterocycles. The van der Waals surface area contributed by atoms with Crippen LogP contribution in [0.4, 0.5) is 0 Å². The molecule has 0 unspecified atom stereocenters. The van der Waals surface area contributed by atoms with Crippen molar-refractivity contribution in [1.82, 2.24) is 0 Å². The Morgan fingerprint density at radius 1 is 0.966 bits per heavy atom. The number of ketones is 1. The number of ether oxygens (including phenoxy) is 2. The summed E-state index contributed by atoms with van der Waals surface area (Å²) >= 11 is 2.89. The Morgan fingerprint density at radius 3 is 2.21 bits per heavy atom. The maximum atomic E-state index is 11.9. The van der Waals surface area contributed by atoms with E-state index in [2.05, 4.69) is 0 Å². The summed E-state index contributed by atoms with van der Waals surface area (Å²) in [4.78, 5) is 34.7. The Hall–Kier alpha value is -2.71. The molecule has 0 aliphatic heterocycles. The van der Waals surface area contributed by atoms with Crippen LogP contribution in [-0.2, 0) is 31.9 Å². The molecule has 0 N–H and O–H groups in total. The summed E-state index contributed by atoms with van der Waals surface area (Å²) in [7, 11) is 0. The molecule has 0 amide bonds. The molecule has 0 atom stereocenters.